The number of nitrogens with zero attached hydrogens (tertiary/aromatic N) is 2. The van der Waals surface area contributed by atoms with Crippen molar-refractivity contribution in [3.8, 4) is 5.75 Å². The maximum atomic E-state index is 12.9. The van der Waals surface area contributed by atoms with E-state index in [0.29, 0.717) is 28.8 Å². The molecule has 4 rings (SSSR count). The number of furan rings is 1. The average molecular weight is 426 g/mol. The molecular formula is C22H17ClFN3O3. The van der Waals surface area contributed by atoms with Gasteiger partial charge in [-0.05, 0) is 54.1 Å². The number of aromatic nitrogens is 2. The predicted octanol–water partition coefficient (Wildman–Crippen LogP) is 5.15. The van der Waals surface area contributed by atoms with E-state index in [0.717, 1.165) is 5.56 Å². The number of nitrogens with one attached hydrogen (secondary N) is 1. The van der Waals surface area contributed by atoms with Crippen LogP contribution in [0.4, 0.5) is 10.1 Å². The van der Waals surface area contributed by atoms with Crippen molar-refractivity contribution < 1.29 is 18.3 Å². The van der Waals surface area contributed by atoms with Gasteiger partial charge in [-0.25, -0.2) is 4.39 Å². The fourth-order valence-electron chi connectivity index (χ4n) is 2.75. The zero-order chi connectivity index (χ0) is 20.9. The summed E-state index contributed by atoms with van der Waals surface area (Å²) < 4.78 is 25.7. The SMILES string of the molecule is O=C(Nc1cnn(Cc2ccc(Cl)cc2)c1)c1ccc(COc2ccc(F)cc2)o1. The highest BCUT2D eigenvalue weighted by molar-refractivity contribution is 6.30. The van der Waals surface area contributed by atoms with Gasteiger partial charge in [0.15, 0.2) is 5.76 Å². The first-order chi connectivity index (χ1) is 14.5. The van der Waals surface area contributed by atoms with Crippen molar-refractivity contribution >= 4 is 23.2 Å². The summed E-state index contributed by atoms with van der Waals surface area (Å²) in [6, 6.07) is 16.4. The Morgan fingerprint density at radius 3 is 2.63 bits per heavy atom. The number of carbonyl (C=O) groups excluding carboxylic acids is 1. The van der Waals surface area contributed by atoms with E-state index in [1.165, 1.54) is 24.3 Å². The fourth-order valence-corrected chi connectivity index (χ4v) is 2.87. The lowest BCUT2D eigenvalue weighted by atomic mass is 10.2. The molecule has 30 heavy (non-hydrogen) atoms. The third kappa shape index (κ3) is 5.07. The highest BCUT2D eigenvalue weighted by Gasteiger charge is 2.13. The summed E-state index contributed by atoms with van der Waals surface area (Å²) in [5.41, 5.74) is 1.59. The van der Waals surface area contributed by atoms with E-state index >= 15 is 0 Å². The molecule has 0 saturated carbocycles. The van der Waals surface area contributed by atoms with Crippen LogP contribution in [0.1, 0.15) is 21.9 Å². The van der Waals surface area contributed by atoms with Gasteiger partial charge in [0.25, 0.3) is 5.91 Å². The Balaban J connectivity index is 1.32. The van der Waals surface area contributed by atoms with Crippen LogP contribution in [0.25, 0.3) is 0 Å². The van der Waals surface area contributed by atoms with Gasteiger partial charge in [0.1, 0.15) is 23.9 Å². The van der Waals surface area contributed by atoms with Crippen molar-refractivity contribution in [2.75, 3.05) is 5.32 Å². The van der Waals surface area contributed by atoms with Gasteiger partial charge in [-0.3, -0.25) is 9.48 Å². The van der Waals surface area contributed by atoms with Crippen molar-refractivity contribution in [3.63, 3.8) is 0 Å². The van der Waals surface area contributed by atoms with Crippen molar-refractivity contribution in [1.29, 1.82) is 0 Å². The molecule has 152 valence electrons. The number of benzene rings is 2. The number of amides is 1. The molecular weight excluding hydrogens is 409 g/mol. The molecule has 8 heteroatoms. The van der Waals surface area contributed by atoms with Crippen LogP contribution < -0.4 is 10.1 Å². The number of hydrogen-bond acceptors (Lipinski definition) is 4. The smallest absolute Gasteiger partial charge is 0.291 e. The minimum absolute atomic E-state index is 0.123. The summed E-state index contributed by atoms with van der Waals surface area (Å²) in [5, 5.41) is 7.67. The number of carbonyl (C=O) groups is 1. The molecule has 0 spiro atoms. The minimum atomic E-state index is -0.394. The molecule has 2 aromatic heterocycles. The molecule has 2 aromatic carbocycles. The third-order valence-electron chi connectivity index (χ3n) is 4.23. The van der Waals surface area contributed by atoms with Crippen LogP contribution in [0.3, 0.4) is 0 Å². The van der Waals surface area contributed by atoms with Gasteiger partial charge in [-0.2, -0.15) is 5.10 Å². The fraction of sp³-hybridized carbons (Fsp3) is 0.0909. The molecule has 0 fully saturated rings. The van der Waals surface area contributed by atoms with E-state index in [2.05, 4.69) is 10.4 Å². The molecule has 0 unspecified atom stereocenters. The quantitative estimate of drug-likeness (QED) is 0.444. The minimum Gasteiger partial charge on any atom is -0.486 e. The van der Waals surface area contributed by atoms with Crippen LogP contribution in [-0.4, -0.2) is 15.7 Å². The molecule has 0 atom stereocenters. The van der Waals surface area contributed by atoms with Crippen LogP contribution in [0.5, 0.6) is 5.75 Å². The first kappa shape index (κ1) is 19.7. The Kier molecular flexibility index (Phi) is 5.81. The summed E-state index contributed by atoms with van der Waals surface area (Å²) in [6.45, 7) is 0.677. The lowest BCUT2D eigenvalue weighted by Gasteiger charge is -2.04. The molecule has 1 amide bonds. The average Bonchev–Trinajstić information content (AvgIpc) is 3.39. The standard InChI is InChI=1S/C22H17ClFN3O3/c23-16-3-1-15(2-4-16)12-27-13-18(11-25-27)26-22(28)21-10-9-20(30-21)14-29-19-7-5-17(24)6-8-19/h1-11,13H,12,14H2,(H,26,28). The summed E-state index contributed by atoms with van der Waals surface area (Å²) in [5.74, 6) is 0.401. The van der Waals surface area contributed by atoms with Crippen LogP contribution in [0.2, 0.25) is 5.02 Å². The molecule has 0 aliphatic rings. The number of halogens is 2. The highest BCUT2D eigenvalue weighted by Crippen LogP contribution is 2.17. The van der Waals surface area contributed by atoms with Crippen molar-refractivity contribution in [3.05, 3.63) is 101 Å². The second-order valence-electron chi connectivity index (χ2n) is 6.52. The Hall–Kier alpha value is -3.58. The van der Waals surface area contributed by atoms with Gasteiger partial charge in [-0.1, -0.05) is 23.7 Å². The molecule has 2 heterocycles. The monoisotopic (exact) mass is 425 g/mol. The van der Waals surface area contributed by atoms with E-state index in [1.807, 2.05) is 24.3 Å². The van der Waals surface area contributed by atoms with Gasteiger partial charge in [0.05, 0.1) is 18.4 Å². The zero-order valence-electron chi connectivity index (χ0n) is 15.7. The van der Waals surface area contributed by atoms with Gasteiger partial charge in [-0.15, -0.1) is 0 Å². The van der Waals surface area contributed by atoms with Crippen LogP contribution >= 0.6 is 11.6 Å². The van der Waals surface area contributed by atoms with E-state index in [4.69, 9.17) is 20.8 Å². The van der Waals surface area contributed by atoms with E-state index in [9.17, 15) is 9.18 Å². The Morgan fingerprint density at radius 2 is 1.87 bits per heavy atom. The largest absolute Gasteiger partial charge is 0.486 e. The first-order valence-electron chi connectivity index (χ1n) is 9.10. The third-order valence-corrected chi connectivity index (χ3v) is 4.48. The second-order valence-corrected chi connectivity index (χ2v) is 6.95. The van der Waals surface area contributed by atoms with E-state index in [-0.39, 0.29) is 18.2 Å². The molecule has 0 aliphatic carbocycles. The van der Waals surface area contributed by atoms with Crippen molar-refractivity contribution in [2.45, 2.75) is 13.2 Å². The van der Waals surface area contributed by atoms with Gasteiger partial charge >= 0.3 is 0 Å². The van der Waals surface area contributed by atoms with Gasteiger partial charge in [0.2, 0.25) is 0 Å². The molecule has 0 radical (unpaired) electrons. The summed E-state index contributed by atoms with van der Waals surface area (Å²) in [6.07, 6.45) is 3.29. The van der Waals surface area contributed by atoms with Crippen molar-refractivity contribution in [1.82, 2.24) is 9.78 Å². The van der Waals surface area contributed by atoms with Crippen LogP contribution in [0, 0.1) is 5.82 Å². The van der Waals surface area contributed by atoms with E-state index < -0.39 is 5.91 Å². The molecule has 0 aliphatic heterocycles. The summed E-state index contributed by atoms with van der Waals surface area (Å²) >= 11 is 5.89. The molecule has 6 nitrogen and oxygen atoms in total. The number of rotatable bonds is 7. The lowest BCUT2D eigenvalue weighted by molar-refractivity contribution is 0.0992. The maximum Gasteiger partial charge on any atom is 0.291 e. The first-order valence-corrected chi connectivity index (χ1v) is 9.48. The van der Waals surface area contributed by atoms with Gasteiger partial charge < -0.3 is 14.5 Å². The normalized spacial score (nSPS) is 10.7. The topological polar surface area (TPSA) is 69.3 Å². The highest BCUT2D eigenvalue weighted by atomic mass is 35.5. The number of hydrogen-bond donors (Lipinski definition) is 1. The van der Waals surface area contributed by atoms with Crippen LogP contribution in [0.15, 0.2) is 77.5 Å². The molecule has 4 aromatic rings. The molecule has 0 saturated heterocycles. The zero-order valence-corrected chi connectivity index (χ0v) is 16.5. The molecule has 1 N–H and O–H groups in total. The van der Waals surface area contributed by atoms with Crippen LogP contribution in [-0.2, 0) is 13.2 Å². The number of ether oxygens (including phenoxy) is 1. The molecule has 0 bridgehead atoms. The lowest BCUT2D eigenvalue weighted by Crippen LogP contribution is -2.10. The van der Waals surface area contributed by atoms with Crippen molar-refractivity contribution in [2.24, 2.45) is 0 Å². The Bertz CT molecular complexity index is 1140. The number of anilines is 1. The predicted molar refractivity (Wildman–Crippen MR) is 110 cm³/mol. The Labute approximate surface area is 176 Å². The second kappa shape index (κ2) is 8.84. The maximum absolute atomic E-state index is 12.9. The Morgan fingerprint density at radius 1 is 1.10 bits per heavy atom. The van der Waals surface area contributed by atoms with E-state index in [1.54, 1.807) is 29.2 Å². The van der Waals surface area contributed by atoms with Gasteiger partial charge in [0, 0.05) is 11.2 Å². The summed E-state index contributed by atoms with van der Waals surface area (Å²) in [4.78, 5) is 12.4. The summed E-state index contributed by atoms with van der Waals surface area (Å²) in [7, 11) is 0.